The molecule has 4 rings (SSSR count). The normalized spacial score (nSPS) is 18.5. The van der Waals surface area contributed by atoms with Crippen LogP contribution >= 0.6 is 22.9 Å². The maximum Gasteiger partial charge on any atom is 0.261 e. The van der Waals surface area contributed by atoms with E-state index in [1.165, 1.54) is 11.3 Å². The van der Waals surface area contributed by atoms with Crippen LogP contribution in [0.4, 0.5) is 5.69 Å². The fourth-order valence-corrected chi connectivity index (χ4v) is 7.02. The van der Waals surface area contributed by atoms with Gasteiger partial charge in [0.15, 0.2) is 9.84 Å². The van der Waals surface area contributed by atoms with Crippen molar-refractivity contribution in [3.63, 3.8) is 0 Å². The van der Waals surface area contributed by atoms with Crippen molar-refractivity contribution < 1.29 is 22.8 Å². The number of nitrogens with zero attached hydrogens (tertiary/aromatic N) is 3. The van der Waals surface area contributed by atoms with Gasteiger partial charge in [0, 0.05) is 63.5 Å². The summed E-state index contributed by atoms with van der Waals surface area (Å²) in [6, 6.07) is 9.95. The first-order valence-corrected chi connectivity index (χ1v) is 16.5. The molecule has 2 saturated heterocycles. The molecule has 218 valence electrons. The minimum absolute atomic E-state index is 0.100. The van der Waals surface area contributed by atoms with Crippen molar-refractivity contribution in [2.75, 3.05) is 69.3 Å². The molecule has 3 amide bonds. The van der Waals surface area contributed by atoms with E-state index in [1.54, 1.807) is 41.3 Å². The SMILES string of the molecule is CN(CCN1CCS(=O)(=O)CC1)CC(CNC(=O)c1ccc(N2CCCCC2=O)cc1)NC(=O)c1ccc(Cl)s1. The highest BCUT2D eigenvalue weighted by Gasteiger charge is 2.23. The molecule has 1 aromatic heterocycles. The van der Waals surface area contributed by atoms with E-state index in [2.05, 4.69) is 20.4 Å². The van der Waals surface area contributed by atoms with Crippen molar-refractivity contribution in [3.05, 3.63) is 51.2 Å². The molecule has 0 spiro atoms. The number of anilines is 1. The van der Waals surface area contributed by atoms with Crippen LogP contribution in [0.1, 0.15) is 39.3 Å². The monoisotopic (exact) mass is 609 g/mol. The van der Waals surface area contributed by atoms with Crippen molar-refractivity contribution in [3.8, 4) is 0 Å². The Hall–Kier alpha value is -2.51. The first-order chi connectivity index (χ1) is 19.1. The zero-order chi connectivity index (χ0) is 28.7. The Kier molecular flexibility index (Phi) is 10.6. The first kappa shape index (κ1) is 30.4. The highest BCUT2D eigenvalue weighted by molar-refractivity contribution is 7.91. The van der Waals surface area contributed by atoms with Crippen LogP contribution in [0.2, 0.25) is 4.34 Å². The largest absolute Gasteiger partial charge is 0.350 e. The number of hydrogen-bond acceptors (Lipinski definition) is 8. The molecule has 1 unspecified atom stereocenters. The average Bonchev–Trinajstić information content (AvgIpc) is 3.38. The molecule has 1 atom stereocenters. The summed E-state index contributed by atoms with van der Waals surface area (Å²) < 4.78 is 23.9. The minimum Gasteiger partial charge on any atom is -0.350 e. The maximum absolute atomic E-state index is 12.9. The van der Waals surface area contributed by atoms with Gasteiger partial charge < -0.3 is 25.3 Å². The molecular weight excluding hydrogens is 574 g/mol. The number of amides is 3. The van der Waals surface area contributed by atoms with Gasteiger partial charge in [-0.25, -0.2) is 8.42 Å². The molecule has 2 fully saturated rings. The van der Waals surface area contributed by atoms with Crippen molar-refractivity contribution in [1.29, 1.82) is 0 Å². The zero-order valence-corrected chi connectivity index (χ0v) is 25.0. The van der Waals surface area contributed by atoms with Crippen molar-refractivity contribution >= 4 is 56.2 Å². The second-order valence-electron chi connectivity index (χ2n) is 10.3. The second kappa shape index (κ2) is 13.9. The summed E-state index contributed by atoms with van der Waals surface area (Å²) in [5.41, 5.74) is 1.26. The molecule has 0 saturated carbocycles. The van der Waals surface area contributed by atoms with Crippen LogP contribution in [0.15, 0.2) is 36.4 Å². The Morgan fingerprint density at radius 1 is 1.05 bits per heavy atom. The van der Waals surface area contributed by atoms with E-state index in [4.69, 9.17) is 11.6 Å². The smallest absolute Gasteiger partial charge is 0.261 e. The fourth-order valence-electron chi connectivity index (χ4n) is 4.80. The van der Waals surface area contributed by atoms with E-state index in [9.17, 15) is 22.8 Å². The molecule has 13 heteroatoms. The highest BCUT2D eigenvalue weighted by atomic mass is 35.5. The number of nitrogens with one attached hydrogen (secondary N) is 2. The molecule has 0 bridgehead atoms. The van der Waals surface area contributed by atoms with Gasteiger partial charge in [-0.3, -0.25) is 14.4 Å². The molecule has 3 heterocycles. The third-order valence-corrected chi connectivity index (χ3v) is 10.0. The fraction of sp³-hybridized carbons (Fsp3) is 0.519. The number of rotatable bonds is 11. The van der Waals surface area contributed by atoms with Gasteiger partial charge in [0.1, 0.15) is 0 Å². The van der Waals surface area contributed by atoms with E-state index < -0.39 is 9.84 Å². The minimum atomic E-state index is -2.93. The lowest BCUT2D eigenvalue weighted by Gasteiger charge is -2.30. The zero-order valence-electron chi connectivity index (χ0n) is 22.6. The summed E-state index contributed by atoms with van der Waals surface area (Å²) in [6.45, 7) is 3.82. The van der Waals surface area contributed by atoms with Gasteiger partial charge in [0.05, 0.1) is 26.8 Å². The molecular formula is C27H36ClN5O5S2. The van der Waals surface area contributed by atoms with Gasteiger partial charge in [-0.2, -0.15) is 0 Å². The van der Waals surface area contributed by atoms with Gasteiger partial charge in [0.2, 0.25) is 5.91 Å². The third kappa shape index (κ3) is 8.74. The van der Waals surface area contributed by atoms with Gasteiger partial charge in [-0.05, 0) is 56.3 Å². The van der Waals surface area contributed by atoms with Crippen LogP contribution in [0, 0.1) is 0 Å². The van der Waals surface area contributed by atoms with E-state index in [1.807, 2.05) is 7.05 Å². The molecule has 0 aliphatic carbocycles. The van der Waals surface area contributed by atoms with Crippen LogP contribution in [0.25, 0.3) is 0 Å². The molecule has 2 N–H and O–H groups in total. The number of likely N-dealkylation sites (N-methyl/N-ethyl adjacent to an activating group) is 1. The summed E-state index contributed by atoms with van der Waals surface area (Å²) in [6.07, 6.45) is 2.42. The number of carbonyl (C=O) groups is 3. The van der Waals surface area contributed by atoms with Gasteiger partial charge in [-0.15, -0.1) is 11.3 Å². The molecule has 0 radical (unpaired) electrons. The molecule has 2 aliphatic heterocycles. The summed E-state index contributed by atoms with van der Waals surface area (Å²) in [4.78, 5) is 44.4. The Bertz CT molecular complexity index is 1290. The lowest BCUT2D eigenvalue weighted by molar-refractivity contribution is -0.119. The standard InChI is InChI=1S/C27H36ClN5O5S2/c1-31(12-13-32-14-16-40(37,38)17-15-32)19-21(30-27(36)23-9-10-24(28)39-23)18-29-26(35)20-5-7-22(8-6-20)33-11-3-2-4-25(33)34/h5-10,21H,2-4,11-19H2,1H3,(H,29,35)(H,30,36). The summed E-state index contributed by atoms with van der Waals surface area (Å²) in [5, 5.41) is 5.94. The lowest BCUT2D eigenvalue weighted by Crippen LogP contribution is -2.50. The number of halogens is 1. The van der Waals surface area contributed by atoms with Crippen LogP contribution in [-0.4, -0.2) is 106 Å². The summed E-state index contributed by atoms with van der Waals surface area (Å²) in [7, 11) is -0.994. The Balaban J connectivity index is 1.33. The van der Waals surface area contributed by atoms with Crippen molar-refractivity contribution in [1.82, 2.24) is 20.4 Å². The molecule has 1 aromatic carbocycles. The summed E-state index contributed by atoms with van der Waals surface area (Å²) in [5.74, 6) is -0.0720. The van der Waals surface area contributed by atoms with E-state index in [0.29, 0.717) is 60.5 Å². The number of piperidine rings is 1. The molecule has 2 aromatic rings. The number of benzene rings is 1. The number of hydrogen-bond donors (Lipinski definition) is 2. The van der Waals surface area contributed by atoms with Gasteiger partial charge in [-0.1, -0.05) is 11.6 Å². The number of thiophene rings is 1. The predicted octanol–water partition coefficient (Wildman–Crippen LogP) is 2.11. The van der Waals surface area contributed by atoms with Crippen LogP contribution in [-0.2, 0) is 14.6 Å². The third-order valence-electron chi connectivity index (χ3n) is 7.17. The van der Waals surface area contributed by atoms with Crippen LogP contribution in [0.3, 0.4) is 0 Å². The summed E-state index contributed by atoms with van der Waals surface area (Å²) >= 11 is 7.20. The Morgan fingerprint density at radius 3 is 2.42 bits per heavy atom. The van der Waals surface area contributed by atoms with E-state index >= 15 is 0 Å². The Morgan fingerprint density at radius 2 is 1.77 bits per heavy atom. The maximum atomic E-state index is 12.9. The van der Waals surface area contributed by atoms with Crippen LogP contribution < -0.4 is 15.5 Å². The van der Waals surface area contributed by atoms with Gasteiger partial charge in [0.25, 0.3) is 11.8 Å². The van der Waals surface area contributed by atoms with Crippen molar-refractivity contribution in [2.45, 2.75) is 25.3 Å². The molecule has 40 heavy (non-hydrogen) atoms. The second-order valence-corrected chi connectivity index (χ2v) is 14.3. The molecule has 2 aliphatic rings. The number of sulfone groups is 1. The quantitative estimate of drug-likeness (QED) is 0.400. The van der Waals surface area contributed by atoms with Crippen molar-refractivity contribution in [2.24, 2.45) is 0 Å². The lowest BCUT2D eigenvalue weighted by atomic mass is 10.1. The highest BCUT2D eigenvalue weighted by Crippen LogP contribution is 2.22. The topological polar surface area (TPSA) is 119 Å². The predicted molar refractivity (Wildman–Crippen MR) is 158 cm³/mol. The molecule has 10 nitrogen and oxygen atoms in total. The average molecular weight is 610 g/mol. The van der Waals surface area contributed by atoms with Gasteiger partial charge >= 0.3 is 0 Å². The first-order valence-electron chi connectivity index (χ1n) is 13.5. The number of carbonyl (C=O) groups excluding carboxylic acids is 3. The van der Waals surface area contributed by atoms with Crippen LogP contribution in [0.5, 0.6) is 0 Å². The Labute approximate surface area is 244 Å². The van der Waals surface area contributed by atoms with E-state index in [-0.39, 0.29) is 41.8 Å². The van der Waals surface area contributed by atoms with E-state index in [0.717, 1.165) is 18.5 Å².